The van der Waals surface area contributed by atoms with Crippen molar-refractivity contribution in [3.63, 3.8) is 0 Å². The van der Waals surface area contributed by atoms with Gasteiger partial charge in [0.05, 0.1) is 10.6 Å². The minimum absolute atomic E-state index is 0.0434. The molecule has 1 saturated heterocycles. The first-order chi connectivity index (χ1) is 8.15. The van der Waals surface area contributed by atoms with E-state index < -0.39 is 5.82 Å². The van der Waals surface area contributed by atoms with Crippen LogP contribution in [0.3, 0.4) is 0 Å². The molecule has 0 aliphatic carbocycles. The van der Waals surface area contributed by atoms with E-state index in [1.807, 2.05) is 0 Å². The van der Waals surface area contributed by atoms with E-state index in [9.17, 15) is 9.18 Å². The van der Waals surface area contributed by atoms with Crippen LogP contribution < -0.4 is 5.73 Å². The Morgan fingerprint density at radius 3 is 3.06 bits per heavy atom. The number of rotatable bonds is 2. The van der Waals surface area contributed by atoms with Gasteiger partial charge in [-0.1, -0.05) is 17.7 Å². The van der Waals surface area contributed by atoms with Crippen molar-refractivity contribution in [2.24, 2.45) is 5.73 Å². The highest BCUT2D eigenvalue weighted by molar-refractivity contribution is 6.34. The predicted octanol–water partition coefficient (Wildman–Crippen LogP) is 2.04. The molecule has 0 radical (unpaired) electrons. The van der Waals surface area contributed by atoms with Crippen LogP contribution in [0.15, 0.2) is 18.2 Å². The van der Waals surface area contributed by atoms with Crippen molar-refractivity contribution >= 4 is 17.5 Å². The highest BCUT2D eigenvalue weighted by Gasteiger charge is 2.29. The highest BCUT2D eigenvalue weighted by Crippen LogP contribution is 2.25. The lowest BCUT2D eigenvalue weighted by Gasteiger charge is -2.23. The molecular weight excluding hydrogens is 243 g/mol. The smallest absolute Gasteiger partial charge is 0.255 e. The molecule has 1 heterocycles. The number of halogens is 2. The topological polar surface area (TPSA) is 46.3 Å². The zero-order chi connectivity index (χ0) is 12.4. The van der Waals surface area contributed by atoms with E-state index in [1.54, 1.807) is 11.0 Å². The van der Waals surface area contributed by atoms with E-state index in [1.165, 1.54) is 12.1 Å². The number of hydrogen-bond donors (Lipinski definition) is 1. The van der Waals surface area contributed by atoms with Crippen LogP contribution in [0.2, 0.25) is 5.02 Å². The SMILES string of the molecule is NC[C@@H]1CCCN1C(=O)c1cccc(F)c1Cl. The summed E-state index contributed by atoms with van der Waals surface area (Å²) in [5.74, 6) is -0.802. The zero-order valence-electron chi connectivity index (χ0n) is 9.33. The Hall–Kier alpha value is -1.13. The molecule has 3 nitrogen and oxygen atoms in total. The van der Waals surface area contributed by atoms with Gasteiger partial charge in [-0.2, -0.15) is 0 Å². The molecule has 2 rings (SSSR count). The largest absolute Gasteiger partial charge is 0.334 e. The van der Waals surface area contributed by atoms with Crippen LogP contribution in [0.25, 0.3) is 0 Å². The molecule has 0 aromatic heterocycles. The van der Waals surface area contributed by atoms with Gasteiger partial charge < -0.3 is 10.6 Å². The minimum Gasteiger partial charge on any atom is -0.334 e. The summed E-state index contributed by atoms with van der Waals surface area (Å²) in [6.07, 6.45) is 1.83. The van der Waals surface area contributed by atoms with Gasteiger partial charge in [-0.15, -0.1) is 0 Å². The number of hydrogen-bond acceptors (Lipinski definition) is 2. The Labute approximate surface area is 104 Å². The van der Waals surface area contributed by atoms with Gasteiger partial charge in [-0.3, -0.25) is 4.79 Å². The Morgan fingerprint density at radius 2 is 2.35 bits per heavy atom. The molecule has 17 heavy (non-hydrogen) atoms. The second kappa shape index (κ2) is 5.02. The van der Waals surface area contributed by atoms with Gasteiger partial charge in [0.15, 0.2) is 0 Å². The maximum Gasteiger partial charge on any atom is 0.255 e. The number of likely N-dealkylation sites (tertiary alicyclic amines) is 1. The molecule has 1 aromatic rings. The fourth-order valence-corrected chi connectivity index (χ4v) is 2.38. The third-order valence-corrected chi connectivity index (χ3v) is 3.48. The molecule has 0 spiro atoms. The van der Waals surface area contributed by atoms with Crippen LogP contribution in [0.5, 0.6) is 0 Å². The van der Waals surface area contributed by atoms with Gasteiger partial charge in [0.2, 0.25) is 0 Å². The summed E-state index contributed by atoms with van der Waals surface area (Å²) in [5, 5.41) is -0.111. The first-order valence-electron chi connectivity index (χ1n) is 5.60. The summed E-state index contributed by atoms with van der Waals surface area (Å²) in [5.41, 5.74) is 5.82. The molecule has 5 heteroatoms. The quantitative estimate of drug-likeness (QED) is 0.880. The Kier molecular flexibility index (Phi) is 3.64. The summed E-state index contributed by atoms with van der Waals surface area (Å²) in [6, 6.07) is 4.31. The summed E-state index contributed by atoms with van der Waals surface area (Å²) in [6.45, 7) is 1.09. The molecule has 1 aromatic carbocycles. The lowest BCUT2D eigenvalue weighted by atomic mass is 10.1. The summed E-state index contributed by atoms with van der Waals surface area (Å²) in [4.78, 5) is 13.9. The van der Waals surface area contributed by atoms with Crippen molar-refractivity contribution in [1.29, 1.82) is 0 Å². The molecule has 1 atom stereocenters. The van der Waals surface area contributed by atoms with Crippen molar-refractivity contribution in [1.82, 2.24) is 4.90 Å². The molecule has 2 N–H and O–H groups in total. The number of carbonyl (C=O) groups is 1. The van der Waals surface area contributed by atoms with Gasteiger partial charge >= 0.3 is 0 Å². The molecule has 0 saturated carbocycles. The monoisotopic (exact) mass is 256 g/mol. The second-order valence-corrected chi connectivity index (χ2v) is 4.51. The number of amides is 1. The fraction of sp³-hybridized carbons (Fsp3) is 0.417. The van der Waals surface area contributed by atoms with Crippen LogP contribution in [0, 0.1) is 5.82 Å². The van der Waals surface area contributed by atoms with E-state index in [-0.39, 0.29) is 22.5 Å². The van der Waals surface area contributed by atoms with Crippen LogP contribution >= 0.6 is 11.6 Å². The molecule has 1 aliphatic rings. The van der Waals surface area contributed by atoms with Crippen LogP contribution in [0.1, 0.15) is 23.2 Å². The third kappa shape index (κ3) is 2.28. The number of carbonyl (C=O) groups excluding carboxylic acids is 1. The van der Waals surface area contributed by atoms with Crippen molar-refractivity contribution in [3.05, 3.63) is 34.6 Å². The lowest BCUT2D eigenvalue weighted by Crippen LogP contribution is -2.40. The van der Waals surface area contributed by atoms with Gasteiger partial charge in [0, 0.05) is 19.1 Å². The van der Waals surface area contributed by atoms with Crippen LogP contribution in [-0.2, 0) is 0 Å². The average molecular weight is 257 g/mol. The van der Waals surface area contributed by atoms with E-state index in [0.29, 0.717) is 13.1 Å². The molecule has 92 valence electrons. The molecule has 0 bridgehead atoms. The van der Waals surface area contributed by atoms with Crippen molar-refractivity contribution in [3.8, 4) is 0 Å². The van der Waals surface area contributed by atoms with Gasteiger partial charge in [0.1, 0.15) is 5.82 Å². The predicted molar refractivity (Wildman–Crippen MR) is 64.5 cm³/mol. The standard InChI is InChI=1S/C12H14ClFN2O/c13-11-9(4-1-5-10(11)14)12(17)16-6-2-3-8(16)7-15/h1,4-5,8H,2-3,6-7,15H2/t8-/m0/s1. The molecular formula is C12H14ClFN2O. The van der Waals surface area contributed by atoms with Crippen LogP contribution in [-0.4, -0.2) is 29.9 Å². The minimum atomic E-state index is -0.569. The first-order valence-corrected chi connectivity index (χ1v) is 5.98. The van der Waals surface area contributed by atoms with Gasteiger partial charge in [-0.05, 0) is 25.0 Å². The second-order valence-electron chi connectivity index (χ2n) is 4.13. The van der Waals surface area contributed by atoms with E-state index in [0.717, 1.165) is 12.8 Å². The van der Waals surface area contributed by atoms with Crippen molar-refractivity contribution in [2.45, 2.75) is 18.9 Å². The normalized spacial score (nSPS) is 19.7. The molecule has 1 amide bonds. The lowest BCUT2D eigenvalue weighted by molar-refractivity contribution is 0.0741. The molecule has 1 fully saturated rings. The summed E-state index contributed by atoms with van der Waals surface area (Å²) < 4.78 is 13.3. The number of nitrogens with two attached hydrogens (primary N) is 1. The Balaban J connectivity index is 2.28. The van der Waals surface area contributed by atoms with Gasteiger partial charge in [0.25, 0.3) is 5.91 Å². The Bertz CT molecular complexity index is 439. The first kappa shape index (κ1) is 12.3. The third-order valence-electron chi connectivity index (χ3n) is 3.09. The highest BCUT2D eigenvalue weighted by atomic mass is 35.5. The number of nitrogens with zero attached hydrogens (tertiary/aromatic N) is 1. The maximum absolute atomic E-state index is 13.3. The zero-order valence-corrected chi connectivity index (χ0v) is 10.1. The molecule has 1 aliphatic heterocycles. The number of benzene rings is 1. The van der Waals surface area contributed by atoms with Gasteiger partial charge in [-0.25, -0.2) is 4.39 Å². The van der Waals surface area contributed by atoms with E-state index in [4.69, 9.17) is 17.3 Å². The van der Waals surface area contributed by atoms with Crippen LogP contribution in [0.4, 0.5) is 4.39 Å². The Morgan fingerprint density at radius 1 is 1.59 bits per heavy atom. The van der Waals surface area contributed by atoms with E-state index in [2.05, 4.69) is 0 Å². The average Bonchev–Trinajstić information content (AvgIpc) is 2.80. The molecule has 0 unspecified atom stereocenters. The summed E-state index contributed by atoms with van der Waals surface area (Å²) >= 11 is 5.80. The van der Waals surface area contributed by atoms with Crippen molar-refractivity contribution in [2.75, 3.05) is 13.1 Å². The van der Waals surface area contributed by atoms with Crippen molar-refractivity contribution < 1.29 is 9.18 Å². The fourth-order valence-electron chi connectivity index (χ4n) is 2.17. The summed E-state index contributed by atoms with van der Waals surface area (Å²) in [7, 11) is 0. The maximum atomic E-state index is 13.3. The van der Waals surface area contributed by atoms with E-state index >= 15 is 0 Å².